The second-order valence-corrected chi connectivity index (χ2v) is 4.59. The predicted octanol–water partition coefficient (Wildman–Crippen LogP) is 2.17. The van der Waals surface area contributed by atoms with Crippen LogP contribution in [0.25, 0.3) is 0 Å². The van der Waals surface area contributed by atoms with Gasteiger partial charge in [0, 0.05) is 19.3 Å². The van der Waals surface area contributed by atoms with Gasteiger partial charge in [0.2, 0.25) is 0 Å². The Kier molecular flexibility index (Phi) is 4.04. The molecule has 6 heteroatoms. The van der Waals surface area contributed by atoms with E-state index < -0.39 is 11.7 Å². The van der Waals surface area contributed by atoms with E-state index in [-0.39, 0.29) is 16.6 Å². The summed E-state index contributed by atoms with van der Waals surface area (Å²) in [7, 11) is 0. The molecule has 1 fully saturated rings. The number of ether oxygens (including phenoxy) is 1. The van der Waals surface area contributed by atoms with Crippen LogP contribution in [0.15, 0.2) is 12.1 Å². The quantitative estimate of drug-likeness (QED) is 0.886. The number of carbonyl (C=O) groups is 1. The summed E-state index contributed by atoms with van der Waals surface area (Å²) in [4.78, 5) is 11.3. The van der Waals surface area contributed by atoms with Gasteiger partial charge in [0.05, 0.1) is 16.3 Å². The molecule has 0 aromatic heterocycles. The minimum Gasteiger partial charge on any atom is -0.381 e. The van der Waals surface area contributed by atoms with Crippen molar-refractivity contribution in [3.8, 4) is 0 Å². The number of nitrogens with two attached hydrogens (primary N) is 1. The summed E-state index contributed by atoms with van der Waals surface area (Å²) in [6.07, 6.45) is 1.62. The Morgan fingerprint density at radius 2 is 2.11 bits per heavy atom. The molecule has 98 valence electrons. The summed E-state index contributed by atoms with van der Waals surface area (Å²) in [5, 5.41) is 3.01. The van der Waals surface area contributed by atoms with Gasteiger partial charge >= 0.3 is 0 Å². The number of halogens is 2. The minimum absolute atomic E-state index is 0.110. The van der Waals surface area contributed by atoms with Crippen molar-refractivity contribution in [2.45, 2.75) is 18.9 Å². The molecule has 0 radical (unpaired) electrons. The van der Waals surface area contributed by atoms with Gasteiger partial charge < -0.3 is 15.8 Å². The maximum atomic E-state index is 13.8. The van der Waals surface area contributed by atoms with Gasteiger partial charge in [0.1, 0.15) is 0 Å². The molecule has 1 heterocycles. The first-order valence-corrected chi connectivity index (χ1v) is 6.09. The van der Waals surface area contributed by atoms with Crippen molar-refractivity contribution < 1.29 is 13.9 Å². The van der Waals surface area contributed by atoms with Gasteiger partial charge in [0.15, 0.2) is 5.82 Å². The van der Waals surface area contributed by atoms with E-state index in [0.29, 0.717) is 18.9 Å². The molecule has 1 aromatic rings. The van der Waals surface area contributed by atoms with Crippen LogP contribution >= 0.6 is 11.6 Å². The Balaban J connectivity index is 2.26. The number of rotatable bonds is 3. The van der Waals surface area contributed by atoms with Gasteiger partial charge in [-0.25, -0.2) is 4.39 Å². The Morgan fingerprint density at radius 3 is 2.72 bits per heavy atom. The summed E-state index contributed by atoms with van der Waals surface area (Å²) in [5.41, 5.74) is 5.39. The SMILES string of the molecule is NC(=O)c1c(NC2CCOCC2)ccc(Cl)c1F. The molecule has 2 rings (SSSR count). The zero-order valence-corrected chi connectivity index (χ0v) is 10.5. The fourth-order valence-electron chi connectivity index (χ4n) is 1.97. The normalized spacial score (nSPS) is 16.6. The maximum Gasteiger partial charge on any atom is 0.253 e. The van der Waals surface area contributed by atoms with Crippen molar-refractivity contribution in [1.29, 1.82) is 0 Å². The lowest BCUT2D eigenvalue weighted by molar-refractivity contribution is 0.0904. The lowest BCUT2D eigenvalue weighted by Crippen LogP contribution is -2.29. The molecule has 18 heavy (non-hydrogen) atoms. The van der Waals surface area contributed by atoms with Crippen LogP contribution in [0.2, 0.25) is 5.02 Å². The molecule has 0 saturated carbocycles. The number of hydrogen-bond acceptors (Lipinski definition) is 3. The van der Waals surface area contributed by atoms with Gasteiger partial charge in [-0.15, -0.1) is 0 Å². The third kappa shape index (κ3) is 2.73. The highest BCUT2D eigenvalue weighted by Crippen LogP contribution is 2.27. The Labute approximate surface area is 109 Å². The molecule has 4 nitrogen and oxygen atoms in total. The van der Waals surface area contributed by atoms with Crippen LogP contribution in [0.4, 0.5) is 10.1 Å². The molecular weight excluding hydrogens is 259 g/mol. The molecule has 0 bridgehead atoms. The molecule has 0 atom stereocenters. The molecule has 1 aliphatic heterocycles. The van der Waals surface area contributed by atoms with Gasteiger partial charge in [-0.05, 0) is 25.0 Å². The van der Waals surface area contributed by atoms with Crippen LogP contribution in [0.5, 0.6) is 0 Å². The molecule has 0 aliphatic carbocycles. The molecule has 1 amide bonds. The lowest BCUT2D eigenvalue weighted by Gasteiger charge is -2.25. The largest absolute Gasteiger partial charge is 0.381 e. The molecular formula is C12H14ClFN2O2. The molecule has 1 saturated heterocycles. The first-order valence-electron chi connectivity index (χ1n) is 5.71. The number of nitrogens with one attached hydrogen (secondary N) is 1. The Bertz CT molecular complexity index is 462. The van der Waals surface area contributed by atoms with Crippen molar-refractivity contribution >= 4 is 23.2 Å². The van der Waals surface area contributed by atoms with Crippen molar-refractivity contribution in [2.24, 2.45) is 5.73 Å². The van der Waals surface area contributed by atoms with Crippen LogP contribution < -0.4 is 11.1 Å². The van der Waals surface area contributed by atoms with E-state index in [1.807, 2.05) is 0 Å². The van der Waals surface area contributed by atoms with E-state index in [4.69, 9.17) is 22.1 Å². The van der Waals surface area contributed by atoms with Gasteiger partial charge in [-0.2, -0.15) is 0 Å². The van der Waals surface area contributed by atoms with E-state index in [9.17, 15) is 9.18 Å². The third-order valence-corrected chi connectivity index (χ3v) is 3.21. The number of carbonyl (C=O) groups excluding carboxylic acids is 1. The summed E-state index contributed by atoms with van der Waals surface area (Å²) in [6.45, 7) is 1.30. The predicted molar refractivity (Wildman–Crippen MR) is 67.4 cm³/mol. The first-order chi connectivity index (χ1) is 8.59. The number of hydrogen-bond donors (Lipinski definition) is 2. The highest BCUT2D eigenvalue weighted by atomic mass is 35.5. The van der Waals surface area contributed by atoms with Crippen LogP contribution in [-0.4, -0.2) is 25.2 Å². The Hall–Kier alpha value is -1.33. The van der Waals surface area contributed by atoms with Crippen LogP contribution in [0.3, 0.4) is 0 Å². The van der Waals surface area contributed by atoms with Crippen LogP contribution in [-0.2, 0) is 4.74 Å². The molecule has 3 N–H and O–H groups in total. The number of anilines is 1. The monoisotopic (exact) mass is 272 g/mol. The topological polar surface area (TPSA) is 64.4 Å². The summed E-state index contributed by atoms with van der Waals surface area (Å²) in [6, 6.07) is 3.13. The smallest absolute Gasteiger partial charge is 0.253 e. The third-order valence-electron chi connectivity index (χ3n) is 2.92. The standard InChI is InChI=1S/C12H14ClFN2O2/c13-8-1-2-9(10(11(8)14)12(15)17)16-7-3-5-18-6-4-7/h1-2,7,16H,3-6H2,(H2,15,17). The molecule has 1 aromatic carbocycles. The van der Waals surface area contributed by atoms with Crippen molar-refractivity contribution in [1.82, 2.24) is 0 Å². The van der Waals surface area contributed by atoms with E-state index in [0.717, 1.165) is 12.8 Å². The molecule has 0 unspecified atom stereocenters. The molecule has 0 spiro atoms. The van der Waals surface area contributed by atoms with E-state index in [2.05, 4.69) is 5.32 Å². The van der Waals surface area contributed by atoms with Crippen LogP contribution in [0.1, 0.15) is 23.2 Å². The summed E-state index contributed by atoms with van der Waals surface area (Å²) >= 11 is 5.64. The minimum atomic E-state index is -0.829. The second kappa shape index (κ2) is 5.54. The fourth-order valence-corrected chi connectivity index (χ4v) is 2.13. The van der Waals surface area contributed by atoms with Gasteiger partial charge in [-0.3, -0.25) is 4.79 Å². The average molecular weight is 273 g/mol. The van der Waals surface area contributed by atoms with E-state index in [1.165, 1.54) is 6.07 Å². The highest BCUT2D eigenvalue weighted by Gasteiger charge is 2.20. The fraction of sp³-hybridized carbons (Fsp3) is 0.417. The average Bonchev–Trinajstić information content (AvgIpc) is 2.35. The maximum absolute atomic E-state index is 13.8. The van der Waals surface area contributed by atoms with Crippen molar-refractivity contribution in [3.05, 3.63) is 28.5 Å². The number of benzene rings is 1. The zero-order valence-electron chi connectivity index (χ0n) is 9.71. The highest BCUT2D eigenvalue weighted by molar-refractivity contribution is 6.31. The van der Waals surface area contributed by atoms with Gasteiger partial charge in [-0.1, -0.05) is 11.6 Å². The molecule has 1 aliphatic rings. The number of primary amides is 1. The van der Waals surface area contributed by atoms with E-state index in [1.54, 1.807) is 6.07 Å². The van der Waals surface area contributed by atoms with E-state index >= 15 is 0 Å². The summed E-state index contributed by atoms with van der Waals surface area (Å²) < 4.78 is 19.0. The number of amides is 1. The van der Waals surface area contributed by atoms with Crippen molar-refractivity contribution in [3.63, 3.8) is 0 Å². The summed E-state index contributed by atoms with van der Waals surface area (Å²) in [5.74, 6) is -1.61. The van der Waals surface area contributed by atoms with Gasteiger partial charge in [0.25, 0.3) is 5.91 Å². The lowest BCUT2D eigenvalue weighted by atomic mass is 10.1. The van der Waals surface area contributed by atoms with Crippen LogP contribution in [0, 0.1) is 5.82 Å². The second-order valence-electron chi connectivity index (χ2n) is 4.18. The van der Waals surface area contributed by atoms with Crippen molar-refractivity contribution in [2.75, 3.05) is 18.5 Å². The Morgan fingerprint density at radius 1 is 1.44 bits per heavy atom. The zero-order chi connectivity index (χ0) is 13.1. The first kappa shape index (κ1) is 13.1.